The summed E-state index contributed by atoms with van der Waals surface area (Å²) in [7, 11) is -4.21. The monoisotopic (exact) mass is 198 g/mol. The molecule has 0 aromatic carbocycles. The first-order valence-electron chi connectivity index (χ1n) is 3.26. The minimum absolute atomic E-state index is 0.0247. The van der Waals surface area contributed by atoms with Gasteiger partial charge in [0.2, 0.25) is 0 Å². The summed E-state index contributed by atoms with van der Waals surface area (Å²) in [5.41, 5.74) is -1.47. The Kier molecular flexibility index (Phi) is 4.41. The van der Waals surface area contributed by atoms with Crippen molar-refractivity contribution in [3.8, 4) is 0 Å². The molecule has 12 heavy (non-hydrogen) atoms. The van der Waals surface area contributed by atoms with Crippen molar-refractivity contribution >= 4 is 13.6 Å². The molecule has 0 bridgehead atoms. The average molecular weight is 198 g/mol. The van der Waals surface area contributed by atoms with Crippen LogP contribution in [0.15, 0.2) is 0 Å². The Morgan fingerprint density at radius 3 is 2.42 bits per heavy atom. The van der Waals surface area contributed by atoms with Gasteiger partial charge in [0.25, 0.3) is 0 Å². The first-order valence-corrected chi connectivity index (χ1v) is 4.91. The van der Waals surface area contributed by atoms with Gasteiger partial charge in [-0.05, 0) is 6.42 Å². The minimum Gasteiger partial charge on any atom is -0.481 e. The van der Waals surface area contributed by atoms with E-state index in [0.29, 0.717) is 0 Å². The van der Waals surface area contributed by atoms with Crippen LogP contribution in [0.3, 0.4) is 0 Å². The predicted molar refractivity (Wildman–Crippen MR) is 39.7 cm³/mol. The number of aliphatic carboxylic acids is 1. The van der Waals surface area contributed by atoms with Crippen molar-refractivity contribution in [2.24, 2.45) is 0 Å². The molecule has 0 aromatic rings. The third-order valence-corrected chi connectivity index (χ3v) is 3.17. The van der Waals surface area contributed by atoms with Crippen molar-refractivity contribution in [3.63, 3.8) is 0 Å². The number of aliphatic hydroxyl groups is 1. The fraction of sp³-hybridized carbons (Fsp3) is 0.800. The second-order valence-corrected chi connectivity index (χ2v) is 4.09. The normalized spacial score (nSPS) is 18.2. The Balaban J connectivity index is 4.48. The molecular weight excluding hydrogens is 187 g/mol. The van der Waals surface area contributed by atoms with Crippen molar-refractivity contribution in [1.82, 2.24) is 0 Å². The Hall–Kier alpha value is -0.420. The van der Waals surface area contributed by atoms with Crippen molar-refractivity contribution < 1.29 is 29.0 Å². The Bertz CT molecular complexity index is 202. The number of rotatable bonds is 5. The van der Waals surface area contributed by atoms with Crippen LogP contribution in [0, 0.1) is 0 Å². The molecule has 0 rings (SSSR count). The molecule has 3 N–H and O–H groups in total. The molecule has 0 aliphatic carbocycles. The number of hydrogen-bond donors (Lipinski definition) is 3. The highest BCUT2D eigenvalue weighted by molar-refractivity contribution is 7.54. The summed E-state index contributed by atoms with van der Waals surface area (Å²) in [4.78, 5) is 19.3. The van der Waals surface area contributed by atoms with Gasteiger partial charge in [0, 0.05) is 0 Å². The van der Waals surface area contributed by atoms with Crippen molar-refractivity contribution in [2.45, 2.75) is 19.0 Å². The number of carboxylic acid groups (broad SMARTS) is 1. The van der Waals surface area contributed by atoms with Gasteiger partial charge < -0.3 is 15.1 Å². The van der Waals surface area contributed by atoms with Gasteiger partial charge in [0.05, 0.1) is 0 Å². The maximum atomic E-state index is 11.0. The van der Waals surface area contributed by atoms with E-state index >= 15 is 0 Å². The second kappa shape index (κ2) is 4.57. The fourth-order valence-corrected chi connectivity index (χ4v) is 1.80. The highest BCUT2D eigenvalue weighted by Crippen LogP contribution is 2.48. The van der Waals surface area contributed by atoms with Gasteiger partial charge in [0.15, 0.2) is 12.5 Å². The minimum atomic E-state index is -4.21. The quantitative estimate of drug-likeness (QED) is 0.424. The van der Waals surface area contributed by atoms with E-state index in [1.807, 2.05) is 0 Å². The third kappa shape index (κ3) is 2.91. The lowest BCUT2D eigenvalue weighted by molar-refractivity contribution is -0.137. The zero-order chi connectivity index (χ0) is 9.78. The molecule has 0 radical (unpaired) electrons. The van der Waals surface area contributed by atoms with E-state index in [0.717, 1.165) is 0 Å². The smallest absolute Gasteiger partial charge is 0.344 e. The van der Waals surface area contributed by atoms with E-state index in [-0.39, 0.29) is 6.42 Å². The van der Waals surface area contributed by atoms with Crippen LogP contribution in [-0.4, -0.2) is 33.5 Å². The molecule has 0 aliphatic rings. The van der Waals surface area contributed by atoms with Crippen LogP contribution >= 0.6 is 7.60 Å². The molecule has 0 saturated heterocycles. The summed E-state index contributed by atoms with van der Waals surface area (Å²) in [6, 6.07) is 0. The average Bonchev–Trinajstić information content (AvgIpc) is 1.86. The maximum absolute atomic E-state index is 11.0. The Labute approximate surface area is 69.3 Å². The van der Waals surface area contributed by atoms with Crippen molar-refractivity contribution in [1.29, 1.82) is 0 Å². The number of carboxylic acids is 1. The van der Waals surface area contributed by atoms with Crippen molar-refractivity contribution in [3.05, 3.63) is 0 Å². The summed E-state index contributed by atoms with van der Waals surface area (Å²) in [6.07, 6.45) is -0.0247. The van der Waals surface area contributed by atoms with E-state index in [2.05, 4.69) is 4.52 Å². The van der Waals surface area contributed by atoms with E-state index < -0.39 is 26.0 Å². The van der Waals surface area contributed by atoms with Gasteiger partial charge in [0.1, 0.15) is 0 Å². The molecule has 2 atom stereocenters. The van der Waals surface area contributed by atoms with Gasteiger partial charge in [-0.15, -0.1) is 0 Å². The molecule has 0 heterocycles. The van der Waals surface area contributed by atoms with Gasteiger partial charge in [-0.3, -0.25) is 13.9 Å². The van der Waals surface area contributed by atoms with Crippen LogP contribution < -0.4 is 0 Å². The lowest BCUT2D eigenvalue weighted by Gasteiger charge is -2.15. The molecular formula is C5H11O6P. The first kappa shape index (κ1) is 11.6. The molecule has 0 aromatic heterocycles. The predicted octanol–water partition coefficient (Wildman–Crippen LogP) is 0.00140. The summed E-state index contributed by atoms with van der Waals surface area (Å²) in [6.45, 7) is 0.486. The Morgan fingerprint density at radius 2 is 2.17 bits per heavy atom. The summed E-state index contributed by atoms with van der Waals surface area (Å²) >= 11 is 0. The lowest BCUT2D eigenvalue weighted by atomic mass is 10.3. The highest BCUT2D eigenvalue weighted by atomic mass is 31.2. The second-order valence-electron chi connectivity index (χ2n) is 2.08. The standard InChI is InChI=1S/C5H11O6P/c1-2-4(5(7)8)12(9,10)11-3-6/h4,6H,2-3H2,1H3,(H,7,8)(H,9,10). The number of hydrogen-bond acceptors (Lipinski definition) is 4. The molecule has 0 fully saturated rings. The summed E-state index contributed by atoms with van der Waals surface area (Å²) in [5, 5.41) is 16.6. The van der Waals surface area contributed by atoms with E-state index in [9.17, 15) is 9.36 Å². The molecule has 7 heteroatoms. The van der Waals surface area contributed by atoms with Gasteiger partial charge in [-0.1, -0.05) is 6.92 Å². The topological polar surface area (TPSA) is 104 Å². The maximum Gasteiger partial charge on any atom is 0.344 e. The molecule has 0 spiro atoms. The molecule has 0 aliphatic heterocycles. The molecule has 72 valence electrons. The SMILES string of the molecule is CCC(C(=O)O)P(=O)(O)OCO. The third-order valence-electron chi connectivity index (χ3n) is 1.31. The van der Waals surface area contributed by atoms with Gasteiger partial charge >= 0.3 is 13.6 Å². The lowest BCUT2D eigenvalue weighted by Crippen LogP contribution is -2.20. The molecule has 6 nitrogen and oxygen atoms in total. The summed E-state index contributed by atoms with van der Waals surface area (Å²) < 4.78 is 15.0. The highest BCUT2D eigenvalue weighted by Gasteiger charge is 2.36. The van der Waals surface area contributed by atoms with Crippen molar-refractivity contribution in [2.75, 3.05) is 6.79 Å². The zero-order valence-corrected chi connectivity index (χ0v) is 7.40. The van der Waals surface area contributed by atoms with E-state index in [4.69, 9.17) is 15.1 Å². The van der Waals surface area contributed by atoms with Crippen LogP contribution in [0.4, 0.5) is 0 Å². The van der Waals surface area contributed by atoms with Gasteiger partial charge in [-0.25, -0.2) is 0 Å². The van der Waals surface area contributed by atoms with Crippen LogP contribution in [-0.2, 0) is 13.9 Å². The molecule has 2 unspecified atom stereocenters. The van der Waals surface area contributed by atoms with E-state index in [1.165, 1.54) is 6.92 Å². The van der Waals surface area contributed by atoms with Crippen LogP contribution in [0.5, 0.6) is 0 Å². The largest absolute Gasteiger partial charge is 0.481 e. The summed E-state index contributed by atoms with van der Waals surface area (Å²) in [5.74, 6) is -1.41. The van der Waals surface area contributed by atoms with E-state index in [1.54, 1.807) is 0 Å². The molecule has 0 saturated carbocycles. The molecule has 0 amide bonds. The zero-order valence-electron chi connectivity index (χ0n) is 6.51. The van der Waals surface area contributed by atoms with Crippen LogP contribution in [0.1, 0.15) is 13.3 Å². The van der Waals surface area contributed by atoms with Gasteiger partial charge in [-0.2, -0.15) is 0 Å². The number of aliphatic hydroxyl groups excluding tert-OH is 1. The first-order chi connectivity index (χ1) is 5.45. The number of carbonyl (C=O) groups is 1. The fourth-order valence-electron chi connectivity index (χ4n) is 0.718. The van der Waals surface area contributed by atoms with Crippen LogP contribution in [0.2, 0.25) is 0 Å². The Morgan fingerprint density at radius 1 is 1.67 bits per heavy atom. The van der Waals surface area contributed by atoms with Crippen LogP contribution in [0.25, 0.3) is 0 Å².